The second-order valence-electron chi connectivity index (χ2n) is 6.86. The van der Waals surface area contributed by atoms with Gasteiger partial charge in [0.2, 0.25) is 0 Å². The highest BCUT2D eigenvalue weighted by Gasteiger charge is 2.26. The molecule has 0 atom stereocenters. The summed E-state index contributed by atoms with van der Waals surface area (Å²) in [5.41, 5.74) is 5.14. The molecule has 2 aromatic carbocycles. The number of anilines is 1. The third kappa shape index (κ3) is 2.95. The highest BCUT2D eigenvalue weighted by molar-refractivity contribution is 5.70. The minimum atomic E-state index is -0.309. The third-order valence-corrected chi connectivity index (χ3v) is 5.13. The Morgan fingerprint density at radius 2 is 1.61 bits per heavy atom. The van der Waals surface area contributed by atoms with Crippen LogP contribution in [0, 0.1) is 5.82 Å². The highest BCUT2D eigenvalue weighted by Crippen LogP contribution is 2.33. The van der Waals surface area contributed by atoms with E-state index in [2.05, 4.69) is 46.5 Å². The molecule has 2 aromatic heterocycles. The van der Waals surface area contributed by atoms with Crippen LogP contribution < -0.4 is 4.90 Å². The van der Waals surface area contributed by atoms with E-state index in [4.69, 9.17) is 4.52 Å². The molecule has 3 heterocycles. The van der Waals surface area contributed by atoms with Crippen molar-refractivity contribution in [3.8, 4) is 22.4 Å². The number of nitrogens with zero attached hydrogens (tertiary/aromatic N) is 3. The van der Waals surface area contributed by atoms with Crippen LogP contribution in [0.2, 0.25) is 0 Å². The quantitative estimate of drug-likeness (QED) is 0.502. The molecular formula is C23H18FN3O. The van der Waals surface area contributed by atoms with Crippen LogP contribution >= 0.6 is 0 Å². The van der Waals surface area contributed by atoms with E-state index in [1.165, 1.54) is 11.6 Å². The number of hydrogen-bond donors (Lipinski definition) is 0. The van der Waals surface area contributed by atoms with E-state index in [0.717, 1.165) is 28.1 Å². The molecule has 138 valence electrons. The monoisotopic (exact) mass is 371 g/mol. The topological polar surface area (TPSA) is 42.2 Å². The van der Waals surface area contributed by atoms with E-state index in [1.807, 2.05) is 23.1 Å². The summed E-state index contributed by atoms with van der Waals surface area (Å²) in [6.07, 6.45) is 2.30. The van der Waals surface area contributed by atoms with Gasteiger partial charge in [-0.1, -0.05) is 59.8 Å². The molecule has 4 aromatic rings. The van der Waals surface area contributed by atoms with Gasteiger partial charge in [0.05, 0.1) is 6.54 Å². The SMILES string of the molecule is Fc1cccnc1N1CCc2onc(-c3ccc(-c4ccccc4)cc3)c2C1. The van der Waals surface area contributed by atoms with E-state index in [1.54, 1.807) is 12.3 Å². The second-order valence-corrected chi connectivity index (χ2v) is 6.86. The van der Waals surface area contributed by atoms with Crippen molar-refractivity contribution < 1.29 is 8.91 Å². The van der Waals surface area contributed by atoms with Gasteiger partial charge >= 0.3 is 0 Å². The van der Waals surface area contributed by atoms with Crippen LogP contribution in [0.1, 0.15) is 11.3 Å². The number of halogens is 1. The molecule has 4 nitrogen and oxygen atoms in total. The van der Waals surface area contributed by atoms with Crippen molar-refractivity contribution >= 4 is 5.82 Å². The predicted octanol–water partition coefficient (Wildman–Crippen LogP) is 5.11. The normalized spacial score (nSPS) is 13.4. The van der Waals surface area contributed by atoms with Gasteiger partial charge in [0, 0.05) is 30.3 Å². The Morgan fingerprint density at radius 3 is 2.39 bits per heavy atom. The lowest BCUT2D eigenvalue weighted by Crippen LogP contribution is -2.31. The van der Waals surface area contributed by atoms with Crippen molar-refractivity contribution in [2.75, 3.05) is 11.4 Å². The van der Waals surface area contributed by atoms with Crippen molar-refractivity contribution in [3.05, 3.63) is 90.1 Å². The van der Waals surface area contributed by atoms with Crippen LogP contribution in [-0.4, -0.2) is 16.7 Å². The van der Waals surface area contributed by atoms with Crippen LogP contribution in [-0.2, 0) is 13.0 Å². The summed E-state index contributed by atoms with van der Waals surface area (Å²) in [6, 6.07) is 21.6. The van der Waals surface area contributed by atoms with E-state index < -0.39 is 0 Å². The van der Waals surface area contributed by atoms with Crippen molar-refractivity contribution in [2.45, 2.75) is 13.0 Å². The minimum absolute atomic E-state index is 0.309. The van der Waals surface area contributed by atoms with Crippen molar-refractivity contribution in [1.29, 1.82) is 0 Å². The van der Waals surface area contributed by atoms with Crippen LogP contribution in [0.4, 0.5) is 10.2 Å². The molecule has 0 fully saturated rings. The molecule has 0 amide bonds. The van der Waals surface area contributed by atoms with E-state index in [9.17, 15) is 4.39 Å². The van der Waals surface area contributed by atoms with Crippen molar-refractivity contribution in [2.24, 2.45) is 0 Å². The smallest absolute Gasteiger partial charge is 0.165 e. The Labute approximate surface area is 162 Å². The van der Waals surface area contributed by atoms with E-state index in [-0.39, 0.29) is 5.82 Å². The number of hydrogen-bond acceptors (Lipinski definition) is 4. The fourth-order valence-corrected chi connectivity index (χ4v) is 3.68. The van der Waals surface area contributed by atoms with Crippen LogP contribution in [0.5, 0.6) is 0 Å². The molecular weight excluding hydrogens is 353 g/mol. The lowest BCUT2D eigenvalue weighted by atomic mass is 9.99. The summed E-state index contributed by atoms with van der Waals surface area (Å²) in [5, 5.41) is 4.31. The van der Waals surface area contributed by atoms with Crippen LogP contribution in [0.3, 0.4) is 0 Å². The fourth-order valence-electron chi connectivity index (χ4n) is 3.68. The van der Waals surface area contributed by atoms with Gasteiger partial charge < -0.3 is 9.42 Å². The summed E-state index contributed by atoms with van der Waals surface area (Å²) in [4.78, 5) is 6.15. The Morgan fingerprint density at radius 1 is 0.857 bits per heavy atom. The van der Waals surface area contributed by atoms with E-state index in [0.29, 0.717) is 25.3 Å². The average molecular weight is 371 g/mol. The van der Waals surface area contributed by atoms with Gasteiger partial charge in [0.1, 0.15) is 11.5 Å². The third-order valence-electron chi connectivity index (χ3n) is 5.13. The Hall–Kier alpha value is -3.47. The molecule has 0 saturated carbocycles. The Kier molecular flexibility index (Phi) is 4.13. The zero-order chi connectivity index (χ0) is 18.9. The van der Waals surface area contributed by atoms with Crippen molar-refractivity contribution in [3.63, 3.8) is 0 Å². The molecule has 0 saturated heterocycles. The first kappa shape index (κ1) is 16.7. The maximum Gasteiger partial charge on any atom is 0.165 e. The lowest BCUT2D eigenvalue weighted by Gasteiger charge is -2.27. The molecule has 0 bridgehead atoms. The maximum atomic E-state index is 14.2. The average Bonchev–Trinajstić information content (AvgIpc) is 3.18. The molecule has 1 aliphatic heterocycles. The molecule has 0 N–H and O–H groups in total. The molecule has 0 unspecified atom stereocenters. The summed E-state index contributed by atoms with van der Waals surface area (Å²) in [5.74, 6) is 0.936. The number of rotatable bonds is 3. The fraction of sp³-hybridized carbons (Fsp3) is 0.130. The van der Waals surface area contributed by atoms with Crippen molar-refractivity contribution in [1.82, 2.24) is 10.1 Å². The molecule has 1 aliphatic rings. The van der Waals surface area contributed by atoms with Gasteiger partial charge in [-0.2, -0.15) is 0 Å². The van der Waals surface area contributed by atoms with Crippen LogP contribution in [0.15, 0.2) is 77.4 Å². The Bertz CT molecular complexity index is 1110. The first-order chi connectivity index (χ1) is 13.8. The van der Waals surface area contributed by atoms with Gasteiger partial charge in [0.25, 0.3) is 0 Å². The van der Waals surface area contributed by atoms with Gasteiger partial charge in [-0.15, -0.1) is 0 Å². The summed E-state index contributed by atoms with van der Waals surface area (Å²) < 4.78 is 19.7. The van der Waals surface area contributed by atoms with E-state index >= 15 is 0 Å². The zero-order valence-electron chi connectivity index (χ0n) is 15.2. The molecule has 0 aliphatic carbocycles. The molecule has 28 heavy (non-hydrogen) atoms. The number of benzene rings is 2. The molecule has 5 heteroatoms. The van der Waals surface area contributed by atoms with Gasteiger partial charge in [-0.05, 0) is 23.3 Å². The molecule has 0 radical (unpaired) electrons. The largest absolute Gasteiger partial charge is 0.360 e. The first-order valence-electron chi connectivity index (χ1n) is 9.28. The number of aromatic nitrogens is 2. The maximum absolute atomic E-state index is 14.2. The standard InChI is InChI=1S/C23H18FN3O/c24-20-7-4-13-25-23(20)27-14-12-21-19(15-27)22(26-28-21)18-10-8-17(9-11-18)16-5-2-1-3-6-16/h1-11,13H,12,14-15H2. The first-order valence-corrected chi connectivity index (χ1v) is 9.28. The number of pyridine rings is 1. The minimum Gasteiger partial charge on any atom is -0.360 e. The highest BCUT2D eigenvalue weighted by atomic mass is 19.1. The molecule has 0 spiro atoms. The zero-order valence-corrected chi connectivity index (χ0v) is 15.2. The second kappa shape index (κ2) is 6.93. The summed E-state index contributed by atoms with van der Waals surface area (Å²) >= 11 is 0. The van der Waals surface area contributed by atoms with Crippen LogP contribution in [0.25, 0.3) is 22.4 Å². The summed E-state index contributed by atoms with van der Waals surface area (Å²) in [6.45, 7) is 1.19. The summed E-state index contributed by atoms with van der Waals surface area (Å²) in [7, 11) is 0. The Balaban J connectivity index is 1.46. The van der Waals surface area contributed by atoms with Gasteiger partial charge in [-0.3, -0.25) is 0 Å². The van der Waals surface area contributed by atoms with Gasteiger partial charge in [0.15, 0.2) is 11.6 Å². The molecule has 5 rings (SSSR count). The van der Waals surface area contributed by atoms with Gasteiger partial charge in [-0.25, -0.2) is 9.37 Å². The number of fused-ring (bicyclic) bond motifs is 1. The predicted molar refractivity (Wildman–Crippen MR) is 106 cm³/mol. The lowest BCUT2D eigenvalue weighted by molar-refractivity contribution is 0.378.